The van der Waals surface area contributed by atoms with Gasteiger partial charge in [-0.15, -0.1) is 0 Å². The van der Waals surface area contributed by atoms with Gasteiger partial charge in [0.25, 0.3) is 23.0 Å². The molecule has 2 heterocycles. The van der Waals surface area contributed by atoms with Crippen LogP contribution in [0.4, 0.5) is 0 Å². The zero-order chi connectivity index (χ0) is 54.0. The molecule has 0 saturated carbocycles. The number of carbonyl (C=O) groups excluding carboxylic acids is 4. The maximum atomic E-state index is 13.4. The van der Waals surface area contributed by atoms with Gasteiger partial charge in [0.05, 0.1) is 33.5 Å². The first-order chi connectivity index (χ1) is 32.4. The van der Waals surface area contributed by atoms with E-state index in [2.05, 4.69) is 37.3 Å². The van der Waals surface area contributed by atoms with Crippen LogP contribution in [0.1, 0.15) is 179 Å². The summed E-state index contributed by atoms with van der Waals surface area (Å²) in [6.45, 7) is 35.2. The normalized spacial score (nSPS) is 16.3. The van der Waals surface area contributed by atoms with E-state index in [9.17, 15) is 19.2 Å². The highest BCUT2D eigenvalue weighted by atomic mass is 79.9. The number of carbonyl (C=O) groups is 4. The average Bonchev–Trinajstić information content (AvgIpc) is 3.61. The summed E-state index contributed by atoms with van der Waals surface area (Å²) in [5, 5.41) is 3.44. The molecule has 2 aliphatic rings. The van der Waals surface area contributed by atoms with Crippen LogP contribution in [0.2, 0.25) is 0 Å². The fourth-order valence-electron chi connectivity index (χ4n) is 7.53. The molecule has 0 aliphatic carbocycles. The van der Waals surface area contributed by atoms with Crippen molar-refractivity contribution in [2.24, 2.45) is 5.84 Å². The van der Waals surface area contributed by atoms with Gasteiger partial charge in [0.2, 0.25) is 0 Å². The summed E-state index contributed by atoms with van der Waals surface area (Å²) in [7, 11) is -1.10. The van der Waals surface area contributed by atoms with Crippen LogP contribution < -0.4 is 22.2 Å². The number of rotatable bonds is 8. The van der Waals surface area contributed by atoms with Crippen molar-refractivity contribution in [3.8, 4) is 0 Å². The lowest BCUT2D eigenvalue weighted by molar-refractivity contribution is 0.00578. The number of nitrogens with two attached hydrogens (primary N) is 1. The van der Waals surface area contributed by atoms with Crippen LogP contribution in [0.25, 0.3) is 0 Å². The summed E-state index contributed by atoms with van der Waals surface area (Å²) in [6.07, 6.45) is 0. The van der Waals surface area contributed by atoms with Crippen LogP contribution in [0.15, 0.2) is 72.8 Å². The first-order valence-corrected chi connectivity index (χ1v) is 26.3. The number of nitrogens with zero attached hydrogens (tertiary/aromatic N) is 2. The Balaban J connectivity index is 0.000000313. The van der Waals surface area contributed by atoms with Gasteiger partial charge >= 0.3 is 14.2 Å². The number of aryl methyl sites for hydroxylation is 4. The molecule has 17 heteroatoms. The zero-order valence-corrected chi connectivity index (χ0v) is 48.8. The molecule has 2 fully saturated rings. The van der Waals surface area contributed by atoms with Gasteiger partial charge in [-0.25, -0.2) is 10.9 Å². The van der Waals surface area contributed by atoms with Gasteiger partial charge in [-0.3, -0.25) is 29.6 Å². The standard InChI is InChI=1S/C27H36BBrN2O4.C14H17BBrClO3.C13H20N2O.CH4/c1-17-12-18(2)14-21(13-17)24(33)31(25(3,4)5)30-23(32)19-10-11-20(16-29)22(15-19)28-34-26(6,7)27(8,9)35-28;1-13(2)14(3,4)20-15(19-13)11-7-9(12(17)18)5-6-10(11)8-16;1-9-6-10(2)8-11(7-9)12(16)15(14)13(3,4)5;/h10-15H,16H2,1-9H3,(H,30,32);5-7H,8H2,1-4H3;6-8H,14H2,1-5H3;1H4. The highest BCUT2D eigenvalue weighted by molar-refractivity contribution is 9.08. The van der Waals surface area contributed by atoms with Crippen LogP contribution in [0.5, 0.6) is 0 Å². The molecule has 72 heavy (non-hydrogen) atoms. The van der Waals surface area contributed by atoms with Gasteiger partial charge in [-0.2, -0.15) is 0 Å². The minimum Gasteiger partial charge on any atom is -0.399 e. The molecule has 4 aromatic carbocycles. The Kier molecular flexibility index (Phi) is 20.6. The number of nitrogens with one attached hydrogen (secondary N) is 1. The van der Waals surface area contributed by atoms with E-state index in [0.29, 0.717) is 32.9 Å². The minimum atomic E-state index is -0.644. The van der Waals surface area contributed by atoms with Gasteiger partial charge in [0.15, 0.2) is 0 Å². The molecule has 392 valence electrons. The predicted molar refractivity (Wildman–Crippen MR) is 302 cm³/mol. The van der Waals surface area contributed by atoms with Crippen molar-refractivity contribution < 1.29 is 37.8 Å². The van der Waals surface area contributed by atoms with Gasteiger partial charge in [0.1, 0.15) is 0 Å². The Bertz CT molecular complexity index is 2560. The SMILES string of the molecule is C.CC1(C)OB(c2cc(C(=O)Cl)ccc2CBr)OC1(C)C.Cc1cc(C)cc(C(=O)N(N)C(C)(C)C)c1.Cc1cc(C)cc(C(=O)N(NC(=O)c2ccc(CBr)c(B3OC(C)(C)C(C)(C)O3)c2)C(C)(C)C)c1. The Morgan fingerprint density at radius 2 is 0.889 bits per heavy atom. The van der Waals surface area contributed by atoms with E-state index in [0.717, 1.165) is 44.3 Å². The van der Waals surface area contributed by atoms with Crippen molar-refractivity contribution in [3.05, 3.63) is 128 Å². The molecule has 2 aliphatic heterocycles. The summed E-state index contributed by atoms with van der Waals surface area (Å²) < 4.78 is 24.5. The maximum absolute atomic E-state index is 13.4. The average molecular weight is 1140 g/mol. The molecule has 0 atom stereocenters. The van der Waals surface area contributed by atoms with E-state index in [1.807, 2.05) is 173 Å². The van der Waals surface area contributed by atoms with E-state index >= 15 is 0 Å². The van der Waals surface area contributed by atoms with Gasteiger partial charge < -0.3 is 18.6 Å². The Hall–Kier alpha value is -3.86. The number of hydrogen-bond donors (Lipinski definition) is 2. The van der Waals surface area contributed by atoms with Crippen molar-refractivity contribution >= 4 is 91.6 Å². The van der Waals surface area contributed by atoms with Gasteiger partial charge in [0, 0.05) is 32.9 Å². The summed E-state index contributed by atoms with van der Waals surface area (Å²) in [5.74, 6) is 5.03. The minimum absolute atomic E-state index is 0. The summed E-state index contributed by atoms with van der Waals surface area (Å²) in [5.41, 5.74) is 9.81. The molecule has 0 unspecified atom stereocenters. The second kappa shape index (κ2) is 23.8. The van der Waals surface area contributed by atoms with Crippen LogP contribution in [0.3, 0.4) is 0 Å². The summed E-state index contributed by atoms with van der Waals surface area (Å²) in [6, 6.07) is 22.2. The lowest BCUT2D eigenvalue weighted by Gasteiger charge is -2.35. The third kappa shape index (κ3) is 15.1. The number of halogens is 3. The number of hydrogen-bond acceptors (Lipinski definition) is 9. The highest BCUT2D eigenvalue weighted by Crippen LogP contribution is 2.38. The van der Waals surface area contributed by atoms with Crippen LogP contribution in [-0.2, 0) is 29.3 Å². The molecule has 4 aromatic rings. The molecule has 0 spiro atoms. The number of amides is 3. The quantitative estimate of drug-likeness (QED) is 0.0439. The molecular weight excluding hydrogens is 1060 g/mol. The highest BCUT2D eigenvalue weighted by Gasteiger charge is 2.53. The van der Waals surface area contributed by atoms with E-state index in [-0.39, 0.29) is 30.7 Å². The smallest absolute Gasteiger partial charge is 0.399 e. The van der Waals surface area contributed by atoms with Crippen LogP contribution >= 0.6 is 43.5 Å². The lowest BCUT2D eigenvalue weighted by Crippen LogP contribution is -2.56. The number of benzene rings is 4. The monoisotopic (exact) mass is 1140 g/mol. The van der Waals surface area contributed by atoms with E-state index in [1.54, 1.807) is 24.3 Å². The molecule has 0 bridgehead atoms. The van der Waals surface area contributed by atoms with Crippen molar-refractivity contribution in [1.82, 2.24) is 15.4 Å². The lowest BCUT2D eigenvalue weighted by atomic mass is 9.75. The van der Waals surface area contributed by atoms with Gasteiger partial charge in [-0.1, -0.05) is 91.9 Å². The number of hydrazine groups is 2. The van der Waals surface area contributed by atoms with E-state index in [4.69, 9.17) is 36.1 Å². The van der Waals surface area contributed by atoms with E-state index < -0.39 is 47.4 Å². The first-order valence-electron chi connectivity index (χ1n) is 23.7. The third-order valence-electron chi connectivity index (χ3n) is 13.0. The molecule has 3 amide bonds. The van der Waals surface area contributed by atoms with Crippen LogP contribution in [0, 0.1) is 27.7 Å². The second-order valence-corrected chi connectivity index (χ2v) is 23.9. The van der Waals surface area contributed by atoms with Crippen molar-refractivity contribution in [2.45, 2.75) is 176 Å². The van der Waals surface area contributed by atoms with Crippen molar-refractivity contribution in [2.75, 3.05) is 0 Å². The second-order valence-electron chi connectivity index (χ2n) is 22.4. The Morgan fingerprint density at radius 3 is 1.21 bits per heavy atom. The molecule has 6 rings (SSSR count). The summed E-state index contributed by atoms with van der Waals surface area (Å²) in [4.78, 5) is 50.3. The fraction of sp³-hybridized carbons (Fsp3) is 0.491. The third-order valence-corrected chi connectivity index (χ3v) is 14.5. The number of alkyl halides is 2. The molecule has 12 nitrogen and oxygen atoms in total. The Morgan fingerprint density at radius 1 is 0.556 bits per heavy atom. The largest absolute Gasteiger partial charge is 0.495 e. The molecule has 3 N–H and O–H groups in total. The van der Waals surface area contributed by atoms with Crippen molar-refractivity contribution in [1.29, 1.82) is 0 Å². The van der Waals surface area contributed by atoms with Crippen molar-refractivity contribution in [3.63, 3.8) is 0 Å². The maximum Gasteiger partial charge on any atom is 0.495 e. The molecule has 0 aromatic heterocycles. The predicted octanol–water partition coefficient (Wildman–Crippen LogP) is 11.4. The van der Waals surface area contributed by atoms with Gasteiger partial charge in [-0.05, 0) is 201 Å². The first kappa shape index (κ1) is 62.4. The molecule has 0 radical (unpaired) electrons. The molecular formula is C55H77B2Br2ClN4O8. The summed E-state index contributed by atoms with van der Waals surface area (Å²) >= 11 is 12.5. The fourth-order valence-corrected chi connectivity index (χ4v) is 8.67. The zero-order valence-electron chi connectivity index (χ0n) is 44.9. The topological polar surface area (TPSA) is 150 Å². The van der Waals surface area contributed by atoms with E-state index in [1.165, 1.54) is 10.0 Å². The van der Waals surface area contributed by atoms with Crippen LogP contribution in [-0.4, -0.2) is 80.7 Å². The Labute approximate surface area is 452 Å². The molecule has 2 saturated heterocycles.